The van der Waals surface area contributed by atoms with Crippen LogP contribution in [-0.4, -0.2) is 6.71 Å². The van der Waals surface area contributed by atoms with Crippen molar-refractivity contribution in [2.75, 3.05) is 4.90 Å². The number of thiophene rings is 1. The summed E-state index contributed by atoms with van der Waals surface area (Å²) < 4.78 is 64.6. The molecule has 0 spiro atoms. The minimum atomic E-state index is -0.622. The standard InChI is InChI=1S/C37H36BNS/c1-35(2)20-21-36(3,4)28-22-23(18-19-25(28)35)39-30-16-11-14-27-32(30)38(29-15-9-8-13-26(29)37(27,5)6)34-33(39)24-12-7-10-17-31(24)40-34/h7-19,22H,20-21H2,1-6H3/i7D,10D,11D,12D,14D,16D,17D. The van der Waals surface area contributed by atoms with Crippen LogP contribution >= 0.6 is 11.3 Å². The molecule has 8 rings (SSSR count). The molecule has 3 heteroatoms. The first-order chi connectivity index (χ1) is 22.0. The monoisotopic (exact) mass is 544 g/mol. The molecule has 5 aromatic rings. The van der Waals surface area contributed by atoms with Crippen LogP contribution in [0, 0.1) is 0 Å². The highest BCUT2D eigenvalue weighted by molar-refractivity contribution is 7.33. The van der Waals surface area contributed by atoms with Crippen LogP contribution < -0.4 is 20.6 Å². The van der Waals surface area contributed by atoms with Gasteiger partial charge in [0.1, 0.15) is 0 Å². The van der Waals surface area contributed by atoms with Crippen molar-refractivity contribution < 1.29 is 9.60 Å². The second-order valence-corrected chi connectivity index (χ2v) is 14.6. The lowest BCUT2D eigenvalue weighted by atomic mass is 9.32. The van der Waals surface area contributed by atoms with E-state index in [0.29, 0.717) is 21.5 Å². The molecule has 0 fully saturated rings. The molecule has 1 nitrogen and oxygen atoms in total. The number of rotatable bonds is 1. The van der Waals surface area contributed by atoms with Crippen molar-refractivity contribution in [2.24, 2.45) is 0 Å². The van der Waals surface area contributed by atoms with Crippen molar-refractivity contribution in [1.82, 2.24) is 0 Å². The first-order valence-electron chi connectivity index (χ1n) is 17.7. The van der Waals surface area contributed by atoms with Gasteiger partial charge in [-0.2, -0.15) is 0 Å². The van der Waals surface area contributed by atoms with Gasteiger partial charge < -0.3 is 4.90 Å². The predicted octanol–water partition coefficient (Wildman–Crippen LogP) is 8.19. The van der Waals surface area contributed by atoms with Gasteiger partial charge in [0.05, 0.1) is 15.3 Å². The average Bonchev–Trinajstić information content (AvgIpc) is 3.43. The lowest BCUT2D eigenvalue weighted by Crippen LogP contribution is -2.63. The van der Waals surface area contributed by atoms with Crippen LogP contribution in [0.2, 0.25) is 0 Å². The summed E-state index contributed by atoms with van der Waals surface area (Å²) in [7, 11) is 0. The number of hydrogen-bond acceptors (Lipinski definition) is 2. The number of nitrogens with zero attached hydrogens (tertiary/aromatic N) is 1. The molecule has 40 heavy (non-hydrogen) atoms. The molecule has 1 aliphatic carbocycles. The highest BCUT2D eigenvalue weighted by Gasteiger charge is 2.47. The Balaban J connectivity index is 1.58. The van der Waals surface area contributed by atoms with Crippen molar-refractivity contribution >= 4 is 60.9 Å². The Hall–Kier alpha value is -3.30. The molecule has 3 aliphatic rings. The summed E-state index contributed by atoms with van der Waals surface area (Å²) >= 11 is 1.39. The van der Waals surface area contributed by atoms with Gasteiger partial charge in [-0.25, -0.2) is 0 Å². The highest BCUT2D eigenvalue weighted by Crippen LogP contribution is 2.50. The Bertz CT molecular complexity index is 2230. The van der Waals surface area contributed by atoms with E-state index in [1.165, 1.54) is 22.5 Å². The van der Waals surface area contributed by atoms with E-state index in [4.69, 9.17) is 5.48 Å². The van der Waals surface area contributed by atoms with Gasteiger partial charge in [-0.15, -0.1) is 11.3 Å². The molecule has 0 bridgehead atoms. The van der Waals surface area contributed by atoms with Crippen molar-refractivity contribution in [2.45, 2.75) is 70.6 Å². The van der Waals surface area contributed by atoms with Gasteiger partial charge in [-0.1, -0.05) is 108 Å². The minimum Gasteiger partial charge on any atom is -0.310 e. The molecule has 0 saturated heterocycles. The molecule has 1 aromatic heterocycles. The maximum Gasteiger partial charge on any atom is 0.260 e. The number of benzene rings is 4. The van der Waals surface area contributed by atoms with Crippen LogP contribution in [0.1, 0.15) is 86.2 Å². The maximum atomic E-state index is 9.50. The topological polar surface area (TPSA) is 3.24 Å². The summed E-state index contributed by atoms with van der Waals surface area (Å²) in [5.41, 5.74) is 7.39. The number of fused-ring (bicyclic) bond motifs is 7. The Kier molecular flexibility index (Phi) is 3.60. The third kappa shape index (κ3) is 3.10. The fourth-order valence-electron chi connectivity index (χ4n) is 7.57. The van der Waals surface area contributed by atoms with E-state index in [1.807, 2.05) is 17.0 Å². The van der Waals surface area contributed by atoms with Gasteiger partial charge in [0.15, 0.2) is 0 Å². The third-order valence-electron chi connectivity index (χ3n) is 9.89. The summed E-state index contributed by atoms with van der Waals surface area (Å²) in [6.45, 7) is 12.9. The second kappa shape index (κ2) is 7.92. The summed E-state index contributed by atoms with van der Waals surface area (Å²) in [5.74, 6) is 0. The van der Waals surface area contributed by atoms with Crippen LogP contribution in [0.4, 0.5) is 17.1 Å². The molecule has 0 radical (unpaired) electrons. The molecule has 0 saturated carbocycles. The van der Waals surface area contributed by atoms with Crippen molar-refractivity contribution in [1.29, 1.82) is 0 Å². The van der Waals surface area contributed by atoms with Gasteiger partial charge in [-0.05, 0) is 75.6 Å². The maximum absolute atomic E-state index is 9.50. The van der Waals surface area contributed by atoms with E-state index in [1.54, 1.807) is 0 Å². The average molecular weight is 545 g/mol. The first kappa shape index (κ1) is 18.2. The highest BCUT2D eigenvalue weighted by atomic mass is 32.1. The zero-order chi connectivity index (χ0) is 33.7. The van der Waals surface area contributed by atoms with Crippen LogP contribution in [-0.2, 0) is 16.2 Å². The molecule has 4 aromatic carbocycles. The molecule has 3 heterocycles. The molecule has 0 amide bonds. The Morgan fingerprint density at radius 3 is 2.35 bits per heavy atom. The molecule has 2 aliphatic heterocycles. The first-order valence-corrected chi connectivity index (χ1v) is 15.0. The Labute approximate surface area is 252 Å². The zero-order valence-electron chi connectivity index (χ0n) is 30.9. The van der Waals surface area contributed by atoms with Gasteiger partial charge in [-0.3, -0.25) is 0 Å². The second-order valence-electron chi connectivity index (χ2n) is 13.5. The van der Waals surface area contributed by atoms with E-state index < -0.39 is 12.1 Å². The normalized spacial score (nSPS) is 21.5. The van der Waals surface area contributed by atoms with E-state index in [-0.39, 0.29) is 53.1 Å². The van der Waals surface area contributed by atoms with E-state index in [9.17, 15) is 4.11 Å². The largest absolute Gasteiger partial charge is 0.310 e. The molecule has 0 unspecified atom stereocenters. The zero-order valence-corrected chi connectivity index (χ0v) is 24.7. The molecule has 0 N–H and O–H groups in total. The minimum absolute atomic E-state index is 0.00950. The van der Waals surface area contributed by atoms with Gasteiger partial charge in [0.25, 0.3) is 6.71 Å². The van der Waals surface area contributed by atoms with Crippen LogP contribution in [0.3, 0.4) is 0 Å². The molecular weight excluding hydrogens is 501 g/mol. The number of anilines is 3. The van der Waals surface area contributed by atoms with Crippen LogP contribution in [0.15, 0.2) is 84.8 Å². The Morgan fingerprint density at radius 1 is 0.775 bits per heavy atom. The van der Waals surface area contributed by atoms with Gasteiger partial charge in [0.2, 0.25) is 0 Å². The Morgan fingerprint density at radius 2 is 1.52 bits per heavy atom. The predicted molar refractivity (Wildman–Crippen MR) is 175 cm³/mol. The van der Waals surface area contributed by atoms with Crippen molar-refractivity contribution in [3.05, 3.63) is 107 Å². The lowest BCUT2D eigenvalue weighted by molar-refractivity contribution is 0.332. The van der Waals surface area contributed by atoms with Crippen LogP contribution in [0.25, 0.3) is 10.1 Å². The summed E-state index contributed by atoms with van der Waals surface area (Å²) in [6.07, 6.45) is 2.09. The van der Waals surface area contributed by atoms with Crippen molar-refractivity contribution in [3.63, 3.8) is 0 Å². The molecule has 0 atom stereocenters. The van der Waals surface area contributed by atoms with E-state index in [0.717, 1.165) is 45.4 Å². The van der Waals surface area contributed by atoms with E-state index >= 15 is 0 Å². The molecular formula is C37H36BNS. The fourth-order valence-corrected chi connectivity index (χ4v) is 8.79. The number of hydrogen-bond donors (Lipinski definition) is 0. The van der Waals surface area contributed by atoms with Crippen molar-refractivity contribution in [3.8, 4) is 0 Å². The summed E-state index contributed by atoms with van der Waals surface area (Å²) in [6, 6.07) is 13.8. The summed E-state index contributed by atoms with van der Waals surface area (Å²) in [4.78, 5) is 2.01. The summed E-state index contributed by atoms with van der Waals surface area (Å²) in [5, 5.41) is 0.434. The van der Waals surface area contributed by atoms with E-state index in [2.05, 4.69) is 71.9 Å². The lowest BCUT2D eigenvalue weighted by Gasteiger charge is -2.45. The fraction of sp³-hybridized carbons (Fsp3) is 0.297. The quantitative estimate of drug-likeness (QED) is 0.189. The van der Waals surface area contributed by atoms with Gasteiger partial charge >= 0.3 is 0 Å². The van der Waals surface area contributed by atoms with Crippen LogP contribution in [0.5, 0.6) is 0 Å². The third-order valence-corrected chi connectivity index (χ3v) is 11.1. The SMILES string of the molecule is [2H]c1c([2H])c2c3c(c1[2H])C(C)(C)c1ccccc1B3c1sc3c([2H])c([2H])c([2H])c([2H])c3c1N2c1ccc2c(c1)C(C)(C)CCC2(C)C. The van der Waals surface area contributed by atoms with Gasteiger partial charge in [0, 0.05) is 31.7 Å². The molecule has 198 valence electrons. The smallest absolute Gasteiger partial charge is 0.260 e.